The minimum atomic E-state index is -0.876. The second kappa shape index (κ2) is 3.45. The number of rotatable bonds is 2. The second-order valence-corrected chi connectivity index (χ2v) is 5.84. The Morgan fingerprint density at radius 3 is 3.00 bits per heavy atom. The van der Waals surface area contributed by atoms with Crippen LogP contribution in [-0.4, -0.2) is 34.9 Å². The molecule has 4 nitrogen and oxygen atoms in total. The van der Waals surface area contributed by atoms with Gasteiger partial charge < -0.3 is 15.0 Å². The largest absolute Gasteiger partial charge is 0.477 e. The molecule has 0 saturated heterocycles. The number of hydrogen-bond acceptors (Lipinski definition) is 3. The Bertz CT molecular complexity index is 439. The first kappa shape index (κ1) is 10.1. The van der Waals surface area contributed by atoms with Crippen LogP contribution in [0, 0.1) is 5.92 Å². The summed E-state index contributed by atoms with van der Waals surface area (Å²) in [5, 5.41) is 9.70. The van der Waals surface area contributed by atoms with E-state index >= 15 is 0 Å². The Kier molecular flexibility index (Phi) is 2.17. The molecule has 1 aliphatic carbocycles. The van der Waals surface area contributed by atoms with Crippen molar-refractivity contribution < 1.29 is 9.90 Å². The summed E-state index contributed by atoms with van der Waals surface area (Å²) in [6.07, 6.45) is 4.49. The van der Waals surface area contributed by atoms with E-state index in [-0.39, 0.29) is 0 Å². The van der Waals surface area contributed by atoms with Gasteiger partial charge >= 0.3 is 5.97 Å². The molecule has 2 aliphatic rings. The summed E-state index contributed by atoms with van der Waals surface area (Å²) in [7, 11) is 1.98. The topological polar surface area (TPSA) is 56.3 Å². The van der Waals surface area contributed by atoms with Gasteiger partial charge in [-0.2, -0.15) is 0 Å². The van der Waals surface area contributed by atoms with E-state index in [0.717, 1.165) is 23.0 Å². The predicted octanol–water partition coefficient (Wildman–Crippen LogP) is 2.03. The van der Waals surface area contributed by atoms with Crippen molar-refractivity contribution in [2.45, 2.75) is 23.0 Å². The Balaban J connectivity index is 1.94. The SMILES string of the molecule is CN1CC(C2CC2)Sc2c[nH]c(C(=O)O)c21. The summed E-state index contributed by atoms with van der Waals surface area (Å²) in [6.45, 7) is 0.959. The zero-order valence-electron chi connectivity index (χ0n) is 9.06. The summed E-state index contributed by atoms with van der Waals surface area (Å²) < 4.78 is 0. The van der Waals surface area contributed by atoms with Crippen molar-refractivity contribution in [3.05, 3.63) is 11.9 Å². The van der Waals surface area contributed by atoms with E-state index in [0.29, 0.717) is 10.9 Å². The smallest absolute Gasteiger partial charge is 0.354 e. The van der Waals surface area contributed by atoms with Gasteiger partial charge in [0.05, 0.1) is 5.69 Å². The molecular formula is C11H14N2O2S. The minimum absolute atomic E-state index is 0.319. The van der Waals surface area contributed by atoms with Gasteiger partial charge in [-0.05, 0) is 18.8 Å². The van der Waals surface area contributed by atoms with Gasteiger partial charge in [0.1, 0.15) is 5.69 Å². The summed E-state index contributed by atoms with van der Waals surface area (Å²) in [6, 6.07) is 0. The summed E-state index contributed by atoms with van der Waals surface area (Å²) >= 11 is 1.83. The van der Waals surface area contributed by atoms with Crippen molar-refractivity contribution >= 4 is 23.4 Å². The molecule has 0 aromatic carbocycles. The van der Waals surface area contributed by atoms with Crippen molar-refractivity contribution in [1.29, 1.82) is 0 Å². The van der Waals surface area contributed by atoms with Crippen molar-refractivity contribution in [2.24, 2.45) is 5.92 Å². The molecule has 2 N–H and O–H groups in total. The van der Waals surface area contributed by atoms with Crippen LogP contribution in [0.4, 0.5) is 5.69 Å². The van der Waals surface area contributed by atoms with Crippen molar-refractivity contribution in [1.82, 2.24) is 4.98 Å². The lowest BCUT2D eigenvalue weighted by Crippen LogP contribution is -2.32. The van der Waals surface area contributed by atoms with E-state index < -0.39 is 5.97 Å². The second-order valence-electron chi connectivity index (χ2n) is 4.56. The van der Waals surface area contributed by atoms with Gasteiger partial charge in [-0.1, -0.05) is 0 Å². The first-order valence-corrected chi connectivity index (χ1v) is 6.37. The first-order valence-electron chi connectivity index (χ1n) is 5.49. The molecule has 0 bridgehead atoms. The van der Waals surface area contributed by atoms with Crippen molar-refractivity contribution in [3.8, 4) is 0 Å². The first-order chi connectivity index (χ1) is 7.66. The molecule has 1 aliphatic heterocycles. The zero-order valence-corrected chi connectivity index (χ0v) is 9.88. The Hall–Kier alpha value is -1.10. The fourth-order valence-electron chi connectivity index (χ4n) is 2.30. The Labute approximate surface area is 98.0 Å². The number of carboxylic acids is 1. The molecule has 1 saturated carbocycles. The van der Waals surface area contributed by atoms with Crippen LogP contribution in [0.25, 0.3) is 0 Å². The molecule has 1 fully saturated rings. The van der Waals surface area contributed by atoms with Gasteiger partial charge in [-0.15, -0.1) is 11.8 Å². The number of nitrogens with one attached hydrogen (secondary N) is 1. The van der Waals surface area contributed by atoms with Gasteiger partial charge in [0.2, 0.25) is 0 Å². The lowest BCUT2D eigenvalue weighted by molar-refractivity contribution is 0.0692. The third-order valence-electron chi connectivity index (χ3n) is 3.29. The molecule has 1 aromatic heterocycles. The lowest BCUT2D eigenvalue weighted by Gasteiger charge is -2.31. The Morgan fingerprint density at radius 1 is 1.62 bits per heavy atom. The molecule has 0 spiro atoms. The maximum atomic E-state index is 11.0. The molecule has 1 aromatic rings. The lowest BCUT2D eigenvalue weighted by atomic mass is 10.2. The highest BCUT2D eigenvalue weighted by atomic mass is 32.2. The molecule has 2 heterocycles. The van der Waals surface area contributed by atoms with Crippen LogP contribution in [0.15, 0.2) is 11.1 Å². The van der Waals surface area contributed by atoms with Gasteiger partial charge in [-0.3, -0.25) is 0 Å². The summed E-state index contributed by atoms with van der Waals surface area (Å²) in [5.74, 6) is -0.0395. The number of hydrogen-bond donors (Lipinski definition) is 2. The molecular weight excluding hydrogens is 224 g/mol. The number of anilines is 1. The molecule has 0 radical (unpaired) electrons. The van der Waals surface area contributed by atoms with E-state index in [1.54, 1.807) is 0 Å². The van der Waals surface area contributed by atoms with Crippen LogP contribution in [0.1, 0.15) is 23.3 Å². The third kappa shape index (κ3) is 1.50. The highest BCUT2D eigenvalue weighted by molar-refractivity contribution is 8.00. The number of aromatic nitrogens is 1. The number of carboxylic acid groups (broad SMARTS) is 1. The highest BCUT2D eigenvalue weighted by Crippen LogP contribution is 2.48. The van der Waals surface area contributed by atoms with Crippen LogP contribution < -0.4 is 4.90 Å². The summed E-state index contributed by atoms with van der Waals surface area (Å²) in [5.41, 5.74) is 1.17. The molecule has 1 atom stereocenters. The monoisotopic (exact) mass is 238 g/mol. The van der Waals surface area contributed by atoms with Crippen LogP contribution in [0.2, 0.25) is 0 Å². The van der Waals surface area contributed by atoms with Crippen LogP contribution in [0.3, 0.4) is 0 Å². The third-order valence-corrected chi connectivity index (χ3v) is 4.70. The van der Waals surface area contributed by atoms with Gasteiger partial charge in [0.15, 0.2) is 0 Å². The van der Waals surface area contributed by atoms with Crippen LogP contribution in [0.5, 0.6) is 0 Å². The molecule has 3 rings (SSSR count). The maximum absolute atomic E-state index is 11.0. The molecule has 16 heavy (non-hydrogen) atoms. The van der Waals surface area contributed by atoms with E-state index in [1.165, 1.54) is 12.8 Å². The van der Waals surface area contributed by atoms with Crippen LogP contribution >= 0.6 is 11.8 Å². The average Bonchev–Trinajstić information content (AvgIpc) is 2.98. The number of aromatic carboxylic acids is 1. The number of H-pyrrole nitrogens is 1. The molecule has 1 unspecified atom stereocenters. The number of fused-ring (bicyclic) bond motifs is 1. The minimum Gasteiger partial charge on any atom is -0.477 e. The van der Waals surface area contributed by atoms with Gasteiger partial charge in [-0.25, -0.2) is 4.79 Å². The Morgan fingerprint density at radius 2 is 2.38 bits per heavy atom. The molecule has 86 valence electrons. The average molecular weight is 238 g/mol. The standard InChI is InChI=1S/C11H14N2O2S/c1-13-5-8(6-2-3-6)16-7-4-12-9(10(7)13)11(14)15/h4,6,8,12H,2-3,5H2,1H3,(H,14,15). The summed E-state index contributed by atoms with van der Waals surface area (Å²) in [4.78, 5) is 17.1. The highest BCUT2D eigenvalue weighted by Gasteiger charge is 2.37. The predicted molar refractivity (Wildman–Crippen MR) is 63.4 cm³/mol. The van der Waals surface area contributed by atoms with Crippen LogP contribution in [-0.2, 0) is 0 Å². The van der Waals surface area contributed by atoms with E-state index in [2.05, 4.69) is 9.88 Å². The number of aromatic amines is 1. The zero-order chi connectivity index (χ0) is 11.3. The number of nitrogens with zero attached hydrogens (tertiary/aromatic N) is 1. The van der Waals surface area contributed by atoms with E-state index in [1.807, 2.05) is 25.0 Å². The fourth-order valence-corrected chi connectivity index (χ4v) is 3.89. The fraction of sp³-hybridized carbons (Fsp3) is 0.545. The van der Waals surface area contributed by atoms with Gasteiger partial charge in [0, 0.05) is 29.9 Å². The number of carbonyl (C=O) groups is 1. The molecule has 5 heteroatoms. The maximum Gasteiger partial charge on any atom is 0.354 e. The van der Waals surface area contributed by atoms with E-state index in [9.17, 15) is 4.79 Å². The van der Waals surface area contributed by atoms with Crippen molar-refractivity contribution in [3.63, 3.8) is 0 Å². The van der Waals surface area contributed by atoms with Gasteiger partial charge in [0.25, 0.3) is 0 Å². The number of thioether (sulfide) groups is 1. The normalized spacial score (nSPS) is 24.3. The van der Waals surface area contributed by atoms with E-state index in [4.69, 9.17) is 5.11 Å². The quantitative estimate of drug-likeness (QED) is 0.827. The molecule has 0 amide bonds. The van der Waals surface area contributed by atoms with Crippen molar-refractivity contribution in [2.75, 3.05) is 18.5 Å².